The number of amides is 1. The summed E-state index contributed by atoms with van der Waals surface area (Å²) in [5, 5.41) is 3.20. The molecular formula is C12H17ClN2OS. The zero-order valence-electron chi connectivity index (χ0n) is 9.91. The number of carbonyl (C=O) groups excluding carboxylic acids is 1. The molecule has 5 heteroatoms. The van der Waals surface area contributed by atoms with Gasteiger partial charge in [0.15, 0.2) is 0 Å². The molecule has 1 fully saturated rings. The molecule has 94 valence electrons. The molecule has 2 heterocycles. The van der Waals surface area contributed by atoms with Gasteiger partial charge in [0, 0.05) is 13.1 Å². The molecule has 1 aliphatic heterocycles. The number of piperidine rings is 1. The van der Waals surface area contributed by atoms with Crippen LogP contribution >= 0.6 is 22.9 Å². The summed E-state index contributed by atoms with van der Waals surface area (Å²) in [5.74, 6) is 0.834. The zero-order chi connectivity index (χ0) is 12.3. The van der Waals surface area contributed by atoms with Crippen molar-refractivity contribution in [2.24, 2.45) is 5.92 Å². The molecule has 2 rings (SSSR count). The SMILES string of the molecule is CNCC1CCN(C(=O)c2ccc(Cl)s2)CC1. The van der Waals surface area contributed by atoms with Crippen LogP contribution in [0.5, 0.6) is 0 Å². The van der Waals surface area contributed by atoms with Crippen LogP contribution in [-0.4, -0.2) is 37.5 Å². The maximum absolute atomic E-state index is 12.1. The quantitative estimate of drug-likeness (QED) is 0.917. The maximum atomic E-state index is 12.1. The van der Waals surface area contributed by atoms with Gasteiger partial charge >= 0.3 is 0 Å². The average Bonchev–Trinajstić information content (AvgIpc) is 2.76. The predicted octanol–water partition coefficient (Wildman–Crippen LogP) is 2.47. The van der Waals surface area contributed by atoms with Gasteiger partial charge in [-0.15, -0.1) is 11.3 Å². The molecule has 0 aliphatic carbocycles. The van der Waals surface area contributed by atoms with Crippen molar-refractivity contribution < 1.29 is 4.79 Å². The fraction of sp³-hybridized carbons (Fsp3) is 0.583. The van der Waals surface area contributed by atoms with E-state index in [1.54, 1.807) is 6.07 Å². The van der Waals surface area contributed by atoms with Crippen molar-refractivity contribution in [2.75, 3.05) is 26.7 Å². The second kappa shape index (κ2) is 5.85. The minimum absolute atomic E-state index is 0.129. The number of hydrogen-bond donors (Lipinski definition) is 1. The van der Waals surface area contributed by atoms with Crippen molar-refractivity contribution in [1.82, 2.24) is 10.2 Å². The Kier molecular flexibility index (Phi) is 4.42. The maximum Gasteiger partial charge on any atom is 0.263 e. The first-order chi connectivity index (χ1) is 8.20. The topological polar surface area (TPSA) is 32.3 Å². The van der Waals surface area contributed by atoms with Crippen molar-refractivity contribution in [3.05, 3.63) is 21.3 Å². The van der Waals surface area contributed by atoms with Crippen LogP contribution in [0.1, 0.15) is 22.5 Å². The van der Waals surface area contributed by atoms with Gasteiger partial charge in [0.1, 0.15) is 0 Å². The largest absolute Gasteiger partial charge is 0.338 e. The van der Waals surface area contributed by atoms with E-state index in [4.69, 9.17) is 11.6 Å². The van der Waals surface area contributed by atoms with Gasteiger partial charge in [0.05, 0.1) is 9.21 Å². The van der Waals surface area contributed by atoms with Gasteiger partial charge in [0.2, 0.25) is 0 Å². The molecule has 0 radical (unpaired) electrons. The molecular weight excluding hydrogens is 256 g/mol. The number of halogens is 1. The van der Waals surface area contributed by atoms with E-state index in [2.05, 4.69) is 5.32 Å². The Hall–Kier alpha value is -0.580. The summed E-state index contributed by atoms with van der Waals surface area (Å²) in [5.41, 5.74) is 0. The van der Waals surface area contributed by atoms with Gasteiger partial charge < -0.3 is 10.2 Å². The highest BCUT2D eigenvalue weighted by Gasteiger charge is 2.23. The first kappa shape index (κ1) is 12.9. The molecule has 1 N–H and O–H groups in total. The number of nitrogens with zero attached hydrogens (tertiary/aromatic N) is 1. The lowest BCUT2D eigenvalue weighted by atomic mass is 9.97. The summed E-state index contributed by atoms with van der Waals surface area (Å²) in [4.78, 5) is 14.8. The fourth-order valence-corrected chi connectivity index (χ4v) is 3.22. The molecule has 1 aliphatic rings. The van der Waals surface area contributed by atoms with Gasteiger partial charge in [-0.05, 0) is 44.5 Å². The number of rotatable bonds is 3. The van der Waals surface area contributed by atoms with Crippen molar-refractivity contribution >= 4 is 28.8 Å². The lowest BCUT2D eigenvalue weighted by molar-refractivity contribution is 0.0696. The van der Waals surface area contributed by atoms with E-state index in [1.165, 1.54) is 11.3 Å². The third-order valence-electron chi connectivity index (χ3n) is 3.18. The van der Waals surface area contributed by atoms with E-state index in [0.717, 1.165) is 37.4 Å². The predicted molar refractivity (Wildman–Crippen MR) is 71.9 cm³/mol. The smallest absolute Gasteiger partial charge is 0.263 e. The molecule has 1 aromatic heterocycles. The van der Waals surface area contributed by atoms with Crippen LogP contribution in [0.4, 0.5) is 0 Å². The van der Waals surface area contributed by atoms with Gasteiger partial charge in [-0.3, -0.25) is 4.79 Å². The highest BCUT2D eigenvalue weighted by atomic mass is 35.5. The van der Waals surface area contributed by atoms with Crippen LogP contribution in [0.25, 0.3) is 0 Å². The lowest BCUT2D eigenvalue weighted by Gasteiger charge is -2.31. The number of hydrogen-bond acceptors (Lipinski definition) is 3. The molecule has 0 spiro atoms. The van der Waals surface area contributed by atoms with E-state index in [1.807, 2.05) is 18.0 Å². The van der Waals surface area contributed by atoms with Gasteiger partial charge in [-0.25, -0.2) is 0 Å². The van der Waals surface area contributed by atoms with Crippen molar-refractivity contribution in [3.8, 4) is 0 Å². The van der Waals surface area contributed by atoms with Crippen molar-refractivity contribution in [1.29, 1.82) is 0 Å². The second-order valence-corrected chi connectivity index (χ2v) is 6.11. The summed E-state index contributed by atoms with van der Waals surface area (Å²) in [6, 6.07) is 3.60. The minimum atomic E-state index is 0.129. The van der Waals surface area contributed by atoms with Gasteiger partial charge in [-0.1, -0.05) is 11.6 Å². The minimum Gasteiger partial charge on any atom is -0.338 e. The molecule has 0 atom stereocenters. The monoisotopic (exact) mass is 272 g/mol. The molecule has 17 heavy (non-hydrogen) atoms. The van der Waals surface area contributed by atoms with E-state index in [-0.39, 0.29) is 5.91 Å². The molecule has 0 bridgehead atoms. The van der Waals surface area contributed by atoms with Gasteiger partial charge in [-0.2, -0.15) is 0 Å². The van der Waals surface area contributed by atoms with Crippen LogP contribution in [0.3, 0.4) is 0 Å². The number of nitrogens with one attached hydrogen (secondary N) is 1. The molecule has 1 aromatic rings. The Balaban J connectivity index is 1.90. The van der Waals surface area contributed by atoms with Crippen LogP contribution in [0.15, 0.2) is 12.1 Å². The normalized spacial score (nSPS) is 17.4. The van der Waals surface area contributed by atoms with Crippen LogP contribution < -0.4 is 5.32 Å². The Bertz CT molecular complexity index is 386. The van der Waals surface area contributed by atoms with E-state index in [9.17, 15) is 4.79 Å². The van der Waals surface area contributed by atoms with Gasteiger partial charge in [0.25, 0.3) is 5.91 Å². The van der Waals surface area contributed by atoms with Crippen molar-refractivity contribution in [3.63, 3.8) is 0 Å². The first-order valence-electron chi connectivity index (χ1n) is 5.90. The number of likely N-dealkylation sites (tertiary alicyclic amines) is 1. The fourth-order valence-electron chi connectivity index (χ4n) is 2.21. The van der Waals surface area contributed by atoms with Crippen molar-refractivity contribution in [2.45, 2.75) is 12.8 Å². The average molecular weight is 273 g/mol. The summed E-state index contributed by atoms with van der Waals surface area (Å²) in [7, 11) is 1.98. The zero-order valence-corrected chi connectivity index (χ0v) is 11.5. The molecule has 0 aromatic carbocycles. The number of carbonyl (C=O) groups is 1. The Morgan fingerprint density at radius 1 is 1.53 bits per heavy atom. The summed E-state index contributed by atoms with van der Waals surface area (Å²) in [6.07, 6.45) is 2.18. The van der Waals surface area contributed by atoms with Crippen LogP contribution in [-0.2, 0) is 0 Å². The van der Waals surface area contributed by atoms with Crippen LogP contribution in [0, 0.1) is 5.92 Å². The van der Waals surface area contributed by atoms with E-state index in [0.29, 0.717) is 10.3 Å². The standard InChI is InChI=1S/C12H17ClN2OS/c1-14-8-9-4-6-15(7-5-9)12(16)10-2-3-11(13)17-10/h2-3,9,14H,4-8H2,1H3. The summed E-state index contributed by atoms with van der Waals surface area (Å²) in [6.45, 7) is 2.77. The summed E-state index contributed by atoms with van der Waals surface area (Å²) >= 11 is 7.21. The molecule has 1 amide bonds. The molecule has 0 unspecified atom stereocenters. The summed E-state index contributed by atoms with van der Waals surface area (Å²) < 4.78 is 0.679. The lowest BCUT2D eigenvalue weighted by Crippen LogP contribution is -2.40. The third-order valence-corrected chi connectivity index (χ3v) is 4.40. The number of thiophene rings is 1. The Labute approximate surface area is 111 Å². The molecule has 1 saturated heterocycles. The van der Waals surface area contributed by atoms with Crippen LogP contribution in [0.2, 0.25) is 4.34 Å². The highest BCUT2D eigenvalue weighted by molar-refractivity contribution is 7.17. The van der Waals surface area contributed by atoms with E-state index < -0.39 is 0 Å². The molecule has 3 nitrogen and oxygen atoms in total. The Morgan fingerprint density at radius 2 is 2.24 bits per heavy atom. The van der Waals surface area contributed by atoms with E-state index >= 15 is 0 Å². The first-order valence-corrected chi connectivity index (χ1v) is 7.09. The Morgan fingerprint density at radius 3 is 2.76 bits per heavy atom. The highest BCUT2D eigenvalue weighted by Crippen LogP contribution is 2.25. The molecule has 0 saturated carbocycles. The second-order valence-electron chi connectivity index (χ2n) is 4.40. The third kappa shape index (κ3) is 3.21.